The third-order valence-corrected chi connectivity index (χ3v) is 1.49. The quantitative estimate of drug-likeness (QED) is 0.455. The lowest BCUT2D eigenvalue weighted by atomic mass is 10.6. The Balaban J connectivity index is 3.36. The van der Waals surface area contributed by atoms with Crippen molar-refractivity contribution < 1.29 is 14.4 Å². The van der Waals surface area contributed by atoms with Crippen molar-refractivity contribution in [2.75, 3.05) is 6.16 Å². The van der Waals surface area contributed by atoms with Crippen LogP contribution in [0, 0.1) is 0 Å². The molecule has 0 aromatic carbocycles. The second kappa shape index (κ2) is 2.46. The molecule has 0 fully saturated rings. The van der Waals surface area contributed by atoms with Crippen molar-refractivity contribution in [3.05, 3.63) is 0 Å². The molecule has 0 rings (SSSR count). The summed E-state index contributed by atoms with van der Waals surface area (Å²) >= 11 is 0. The predicted molar refractivity (Wildman–Crippen MR) is 22.8 cm³/mol. The zero-order chi connectivity index (χ0) is 5.91. The minimum Gasteiger partial charge on any atom is -0.811 e. The van der Waals surface area contributed by atoms with E-state index in [1.165, 1.54) is 0 Å². The largest absolute Gasteiger partial charge is 0.811 e. The first-order valence-corrected chi connectivity index (χ1v) is 3.80. The van der Waals surface area contributed by atoms with E-state index in [1.54, 1.807) is 6.92 Å². The van der Waals surface area contributed by atoms with Crippen LogP contribution in [-0.2, 0) is 4.57 Å². The Morgan fingerprint density at radius 2 is 2.00 bits per heavy atom. The van der Waals surface area contributed by atoms with Gasteiger partial charge in [-0.3, -0.25) is 0 Å². The average Bonchev–Trinajstić information content (AvgIpc) is 1.30. The molecule has 0 aromatic heterocycles. The summed E-state index contributed by atoms with van der Waals surface area (Å²) in [6, 6.07) is 0. The van der Waals surface area contributed by atoms with Crippen LogP contribution < -0.4 is 9.79 Å². The molecule has 0 aliphatic rings. The summed E-state index contributed by atoms with van der Waals surface area (Å²) in [6.45, 7) is 1.66. The van der Waals surface area contributed by atoms with Crippen LogP contribution >= 0.6 is 7.60 Å². The van der Waals surface area contributed by atoms with Gasteiger partial charge in [-0.2, -0.15) is 0 Å². The minimum absolute atomic E-state index is 0.215. The van der Waals surface area contributed by atoms with Gasteiger partial charge in [0.25, 0.3) is 0 Å². The van der Waals surface area contributed by atoms with E-state index in [4.69, 9.17) is 0 Å². The molecule has 0 saturated carbocycles. The molecule has 0 unspecified atom stereocenters. The Labute approximate surface area is 42.5 Å². The third-order valence-electron chi connectivity index (χ3n) is 0.497. The molecule has 0 bridgehead atoms. The average molecular weight is 122 g/mol. The highest BCUT2D eigenvalue weighted by Gasteiger charge is 1.83. The highest BCUT2D eigenvalue weighted by atomic mass is 31.2. The highest BCUT2D eigenvalue weighted by molar-refractivity contribution is 7.48. The fourth-order valence-electron chi connectivity index (χ4n) is 0.274. The van der Waals surface area contributed by atoms with Crippen molar-refractivity contribution in [2.45, 2.75) is 13.3 Å². The Morgan fingerprint density at radius 3 is 2.00 bits per heavy atom. The summed E-state index contributed by atoms with van der Waals surface area (Å²) < 4.78 is 9.70. The molecule has 0 atom stereocenters. The van der Waals surface area contributed by atoms with E-state index >= 15 is 0 Å². The van der Waals surface area contributed by atoms with E-state index in [0.717, 1.165) is 0 Å². The van der Waals surface area contributed by atoms with E-state index in [0.29, 0.717) is 6.42 Å². The van der Waals surface area contributed by atoms with Crippen molar-refractivity contribution in [1.82, 2.24) is 0 Å². The molecule has 3 nitrogen and oxygen atoms in total. The van der Waals surface area contributed by atoms with Crippen LogP contribution in [0.1, 0.15) is 13.3 Å². The van der Waals surface area contributed by atoms with Gasteiger partial charge in [0.05, 0.1) is 0 Å². The summed E-state index contributed by atoms with van der Waals surface area (Å²) in [5.41, 5.74) is 0. The van der Waals surface area contributed by atoms with Crippen LogP contribution in [0.4, 0.5) is 0 Å². The van der Waals surface area contributed by atoms with Crippen LogP contribution in [0.25, 0.3) is 0 Å². The van der Waals surface area contributed by atoms with Crippen molar-refractivity contribution in [2.24, 2.45) is 0 Å². The fourth-order valence-corrected chi connectivity index (χ4v) is 0.822. The highest BCUT2D eigenvalue weighted by Crippen LogP contribution is 2.22. The Kier molecular flexibility index (Phi) is 2.51. The van der Waals surface area contributed by atoms with Gasteiger partial charge in [-0.15, -0.1) is 0 Å². The maximum Gasteiger partial charge on any atom is -0.0253 e. The molecule has 0 spiro atoms. The maximum atomic E-state index is 9.70. The molecule has 0 aliphatic carbocycles. The summed E-state index contributed by atoms with van der Waals surface area (Å²) in [7, 11) is -4.17. The van der Waals surface area contributed by atoms with Gasteiger partial charge in [0.2, 0.25) is 0 Å². The van der Waals surface area contributed by atoms with E-state index in [-0.39, 0.29) is 6.16 Å². The summed E-state index contributed by atoms with van der Waals surface area (Å²) in [6.07, 6.45) is 0.206. The topological polar surface area (TPSA) is 63.2 Å². The molecule has 0 aromatic rings. The SMILES string of the molecule is CCCP(=O)([O-])[O-]. The second-order valence-electron chi connectivity index (χ2n) is 1.33. The van der Waals surface area contributed by atoms with Crippen molar-refractivity contribution in [1.29, 1.82) is 0 Å². The molecule has 4 heteroatoms. The van der Waals surface area contributed by atoms with Gasteiger partial charge in [-0.25, -0.2) is 0 Å². The van der Waals surface area contributed by atoms with Crippen molar-refractivity contribution in [3.63, 3.8) is 0 Å². The molecular formula is C3H7O3P-2. The Morgan fingerprint density at radius 1 is 1.57 bits per heavy atom. The van der Waals surface area contributed by atoms with Gasteiger partial charge in [-0.05, 0) is 6.16 Å². The molecule has 0 saturated heterocycles. The molecule has 7 heavy (non-hydrogen) atoms. The van der Waals surface area contributed by atoms with E-state index in [1.807, 2.05) is 0 Å². The molecule has 0 N–H and O–H groups in total. The van der Waals surface area contributed by atoms with Crippen LogP contribution in [0.15, 0.2) is 0 Å². The Hall–Kier alpha value is 0.150. The third kappa shape index (κ3) is 6.15. The Bertz CT molecular complexity index is 84.2. The van der Waals surface area contributed by atoms with E-state index < -0.39 is 7.60 Å². The monoisotopic (exact) mass is 122 g/mol. The first kappa shape index (κ1) is 7.15. The van der Waals surface area contributed by atoms with Crippen molar-refractivity contribution in [3.8, 4) is 0 Å². The summed E-state index contributed by atoms with van der Waals surface area (Å²) in [5.74, 6) is 0. The predicted octanol–water partition coefficient (Wildman–Crippen LogP) is -0.690. The lowest BCUT2D eigenvalue weighted by Crippen LogP contribution is -2.15. The van der Waals surface area contributed by atoms with Gasteiger partial charge >= 0.3 is 0 Å². The molecular weight excluding hydrogens is 115 g/mol. The fraction of sp³-hybridized carbons (Fsp3) is 1.00. The van der Waals surface area contributed by atoms with E-state index in [2.05, 4.69) is 0 Å². The second-order valence-corrected chi connectivity index (χ2v) is 3.00. The van der Waals surface area contributed by atoms with Gasteiger partial charge in [-0.1, -0.05) is 20.9 Å². The standard InChI is InChI=1S/C3H9O3P/c1-2-3-7(4,5)6/h2-3H2,1H3,(H2,4,5,6)/p-2. The molecule has 44 valence electrons. The van der Waals surface area contributed by atoms with Crippen LogP contribution in [0.2, 0.25) is 0 Å². The van der Waals surface area contributed by atoms with Gasteiger partial charge in [0, 0.05) is 0 Å². The van der Waals surface area contributed by atoms with Crippen LogP contribution in [0.3, 0.4) is 0 Å². The van der Waals surface area contributed by atoms with Gasteiger partial charge < -0.3 is 14.4 Å². The molecule has 0 aliphatic heterocycles. The first-order chi connectivity index (χ1) is 3.06. The van der Waals surface area contributed by atoms with Crippen LogP contribution in [0.5, 0.6) is 0 Å². The van der Waals surface area contributed by atoms with Crippen LogP contribution in [-0.4, -0.2) is 6.16 Å². The molecule has 0 heterocycles. The maximum absolute atomic E-state index is 9.70. The lowest BCUT2D eigenvalue weighted by Gasteiger charge is -2.28. The zero-order valence-electron chi connectivity index (χ0n) is 4.09. The molecule has 0 radical (unpaired) electrons. The summed E-state index contributed by atoms with van der Waals surface area (Å²) in [5, 5.41) is 0. The zero-order valence-corrected chi connectivity index (χ0v) is 4.98. The van der Waals surface area contributed by atoms with Gasteiger partial charge in [0.15, 0.2) is 0 Å². The number of hydrogen-bond donors (Lipinski definition) is 0. The minimum atomic E-state index is -4.17. The molecule has 0 amide bonds. The normalized spacial score (nSPS) is 11.9. The van der Waals surface area contributed by atoms with Gasteiger partial charge in [0.1, 0.15) is 0 Å². The number of hydrogen-bond acceptors (Lipinski definition) is 3. The smallest absolute Gasteiger partial charge is 0.0253 e. The number of rotatable bonds is 2. The van der Waals surface area contributed by atoms with E-state index in [9.17, 15) is 14.4 Å². The van der Waals surface area contributed by atoms with Crippen molar-refractivity contribution >= 4 is 7.60 Å². The lowest BCUT2D eigenvalue weighted by molar-refractivity contribution is -0.313. The summed E-state index contributed by atoms with van der Waals surface area (Å²) in [4.78, 5) is 19.4. The first-order valence-electron chi connectivity index (χ1n) is 2.07.